The van der Waals surface area contributed by atoms with Gasteiger partial charge in [-0.1, -0.05) is 72.8 Å². The summed E-state index contributed by atoms with van der Waals surface area (Å²) in [6.07, 6.45) is 4.18. The monoisotopic (exact) mass is 488 g/mol. The number of fused-ring (bicyclic) bond motifs is 1. The van der Waals surface area contributed by atoms with Crippen molar-refractivity contribution in [1.29, 1.82) is 0 Å². The molecule has 1 N–H and O–H groups in total. The summed E-state index contributed by atoms with van der Waals surface area (Å²) in [4.78, 5) is 26.2. The van der Waals surface area contributed by atoms with E-state index in [9.17, 15) is 4.79 Å². The summed E-state index contributed by atoms with van der Waals surface area (Å²) in [6, 6.07) is 29.1. The van der Waals surface area contributed by atoms with E-state index < -0.39 is 0 Å². The molecule has 2 atom stereocenters. The van der Waals surface area contributed by atoms with Gasteiger partial charge in [0.15, 0.2) is 0 Å². The first-order valence-corrected chi connectivity index (χ1v) is 13.0. The van der Waals surface area contributed by atoms with Gasteiger partial charge in [-0.15, -0.1) is 0 Å². The fourth-order valence-corrected chi connectivity index (χ4v) is 5.71. The fraction of sp³-hybridized carbons (Fsp3) is 0.250. The second kappa shape index (κ2) is 9.83. The lowest BCUT2D eigenvalue weighted by molar-refractivity contribution is -0.136. The largest absolute Gasteiger partial charge is 0.355 e. The number of carbonyl (C=O) groups excluding carboxylic acids is 1. The highest BCUT2D eigenvalue weighted by Crippen LogP contribution is 2.31. The number of nitrogens with zero attached hydrogens (tertiary/aromatic N) is 3. The lowest BCUT2D eigenvalue weighted by atomic mass is 10.0. The van der Waals surface area contributed by atoms with Crippen molar-refractivity contribution in [3.8, 4) is 11.3 Å². The van der Waals surface area contributed by atoms with Crippen molar-refractivity contribution in [1.82, 2.24) is 14.8 Å². The van der Waals surface area contributed by atoms with Crippen LogP contribution in [0.4, 0.5) is 0 Å². The molecule has 0 bridgehead atoms. The molecule has 2 aliphatic heterocycles. The normalized spacial score (nSPS) is 18.4. The summed E-state index contributed by atoms with van der Waals surface area (Å²) in [5.41, 5.74) is 7.91. The van der Waals surface area contributed by atoms with E-state index in [1.54, 1.807) is 0 Å². The minimum absolute atomic E-state index is 0.0433. The van der Waals surface area contributed by atoms with Gasteiger partial charge in [0.25, 0.3) is 0 Å². The molecule has 1 saturated heterocycles. The average molecular weight is 489 g/mol. The van der Waals surface area contributed by atoms with Crippen molar-refractivity contribution >= 4 is 28.1 Å². The summed E-state index contributed by atoms with van der Waals surface area (Å²) in [7, 11) is 3.95. The Morgan fingerprint density at radius 1 is 0.973 bits per heavy atom. The van der Waals surface area contributed by atoms with Crippen LogP contribution in [0.25, 0.3) is 27.7 Å². The molecule has 186 valence electrons. The molecule has 0 unspecified atom stereocenters. The zero-order valence-electron chi connectivity index (χ0n) is 21.4. The van der Waals surface area contributed by atoms with Crippen molar-refractivity contribution in [3.63, 3.8) is 0 Å². The molecule has 3 heterocycles. The number of para-hydroxylation sites is 1. The molecule has 2 aliphatic rings. The van der Waals surface area contributed by atoms with E-state index in [4.69, 9.17) is 4.99 Å². The van der Waals surface area contributed by atoms with Crippen LogP contribution in [0.3, 0.4) is 0 Å². The van der Waals surface area contributed by atoms with Crippen LogP contribution in [-0.4, -0.2) is 59.6 Å². The highest BCUT2D eigenvalue weighted by molar-refractivity contribution is 6.09. The smallest absolute Gasteiger partial charge is 0.245 e. The second-order valence-electron chi connectivity index (χ2n) is 10.2. The zero-order valence-corrected chi connectivity index (χ0v) is 21.4. The molecule has 4 aromatic rings. The first-order chi connectivity index (χ1) is 18.1. The molecule has 1 amide bonds. The van der Waals surface area contributed by atoms with Gasteiger partial charge in [-0.2, -0.15) is 0 Å². The van der Waals surface area contributed by atoms with Gasteiger partial charge in [-0.3, -0.25) is 14.7 Å². The summed E-state index contributed by atoms with van der Waals surface area (Å²) < 4.78 is 0. The number of aromatic amines is 1. The third-order valence-electron chi connectivity index (χ3n) is 7.59. The number of hydrogen-bond acceptors (Lipinski definition) is 3. The van der Waals surface area contributed by atoms with Gasteiger partial charge in [0.1, 0.15) is 6.04 Å². The van der Waals surface area contributed by atoms with E-state index >= 15 is 0 Å². The fourth-order valence-electron chi connectivity index (χ4n) is 5.71. The number of aromatic nitrogens is 1. The van der Waals surface area contributed by atoms with Crippen LogP contribution in [0, 0.1) is 0 Å². The number of likely N-dealkylation sites (tertiary alicyclic amines) is 1. The number of H-pyrrole nitrogens is 1. The number of benzene rings is 3. The van der Waals surface area contributed by atoms with Crippen LogP contribution in [0.1, 0.15) is 30.0 Å². The molecule has 1 aromatic heterocycles. The Morgan fingerprint density at radius 2 is 1.70 bits per heavy atom. The topological polar surface area (TPSA) is 51.7 Å². The Labute approximate surface area is 218 Å². The number of aliphatic imine (C=N–C) groups is 1. The van der Waals surface area contributed by atoms with Crippen LogP contribution in [0.2, 0.25) is 0 Å². The maximum absolute atomic E-state index is 13.7. The molecular weight excluding hydrogens is 456 g/mol. The lowest BCUT2D eigenvalue weighted by Gasteiger charge is -2.32. The Bertz CT molecular complexity index is 1450. The second-order valence-corrected chi connectivity index (χ2v) is 10.2. The Balaban J connectivity index is 1.20. The van der Waals surface area contributed by atoms with Crippen LogP contribution in [-0.2, 0) is 4.79 Å². The summed E-state index contributed by atoms with van der Waals surface area (Å²) in [5, 5.41) is 1.22. The van der Waals surface area contributed by atoms with Crippen molar-refractivity contribution in [2.75, 3.05) is 27.2 Å². The highest BCUT2D eigenvalue weighted by Gasteiger charge is 2.37. The number of nitrogens with one attached hydrogen (secondary N) is 1. The van der Waals surface area contributed by atoms with Gasteiger partial charge in [-0.25, -0.2) is 0 Å². The quantitative estimate of drug-likeness (QED) is 0.364. The molecule has 5 heteroatoms. The van der Waals surface area contributed by atoms with Crippen LogP contribution in [0.5, 0.6) is 0 Å². The molecule has 1 fully saturated rings. The zero-order chi connectivity index (χ0) is 25.4. The van der Waals surface area contributed by atoms with E-state index in [1.165, 1.54) is 22.1 Å². The summed E-state index contributed by atoms with van der Waals surface area (Å²) in [5.74, 6) is 0.158. The molecule has 3 aromatic carbocycles. The first kappa shape index (κ1) is 23.4. The predicted octanol–water partition coefficient (Wildman–Crippen LogP) is 5.97. The van der Waals surface area contributed by atoms with Crippen LogP contribution < -0.4 is 0 Å². The SMILES string of the molecule is CN(C)[C@@H](C(=O)N1CCC[C@H]1C1=NCC(c2ccc(-c3cc4ccccc4[nH]3)cc2)=C1)c1ccccc1. The molecule has 0 radical (unpaired) electrons. The van der Waals surface area contributed by atoms with Gasteiger partial charge >= 0.3 is 0 Å². The predicted molar refractivity (Wildman–Crippen MR) is 152 cm³/mol. The highest BCUT2D eigenvalue weighted by atomic mass is 16.2. The molecule has 5 nitrogen and oxygen atoms in total. The van der Waals surface area contributed by atoms with Crippen LogP contribution in [0.15, 0.2) is 96.0 Å². The van der Waals surface area contributed by atoms with E-state index in [0.29, 0.717) is 6.54 Å². The van der Waals surface area contributed by atoms with Crippen molar-refractivity contribution < 1.29 is 4.79 Å². The number of likely N-dealkylation sites (N-methyl/N-ethyl adjacent to an activating group) is 1. The van der Waals surface area contributed by atoms with Crippen LogP contribution >= 0.6 is 0 Å². The van der Waals surface area contributed by atoms with E-state index in [-0.39, 0.29) is 18.0 Å². The van der Waals surface area contributed by atoms with Crippen molar-refractivity contribution in [2.24, 2.45) is 4.99 Å². The standard InChI is InChI=1S/C32H32N4O/c1-35(2)31(24-9-4-3-5-10-24)32(37)36-18-8-13-30(36)29-20-26(21-33-29)22-14-16-23(17-15-22)28-19-25-11-6-7-12-27(25)34-28/h3-7,9-12,14-17,19-20,30-31,34H,8,13,18,21H2,1-2H3/t30-,31+/m0/s1. The molecule has 6 rings (SSSR count). The lowest BCUT2D eigenvalue weighted by Crippen LogP contribution is -2.45. The van der Waals surface area contributed by atoms with E-state index in [2.05, 4.69) is 70.6 Å². The third kappa shape index (κ3) is 4.51. The van der Waals surface area contributed by atoms with Crippen molar-refractivity contribution in [3.05, 3.63) is 102 Å². The van der Waals surface area contributed by atoms with E-state index in [0.717, 1.165) is 41.9 Å². The summed E-state index contributed by atoms with van der Waals surface area (Å²) >= 11 is 0. The average Bonchev–Trinajstić information content (AvgIpc) is 3.68. The number of carbonyl (C=O) groups is 1. The minimum atomic E-state index is -0.288. The first-order valence-electron chi connectivity index (χ1n) is 13.0. The van der Waals surface area contributed by atoms with Gasteiger partial charge in [0, 0.05) is 23.1 Å². The summed E-state index contributed by atoms with van der Waals surface area (Å²) in [6.45, 7) is 1.44. The Morgan fingerprint density at radius 3 is 2.46 bits per heavy atom. The molecular formula is C32H32N4O. The molecule has 0 spiro atoms. The molecule has 0 aliphatic carbocycles. The Kier molecular flexibility index (Phi) is 6.23. The van der Waals surface area contributed by atoms with Crippen molar-refractivity contribution in [2.45, 2.75) is 24.9 Å². The maximum Gasteiger partial charge on any atom is 0.245 e. The van der Waals surface area contributed by atoms with Gasteiger partial charge in [-0.05, 0) is 67.4 Å². The van der Waals surface area contributed by atoms with Gasteiger partial charge in [0.05, 0.1) is 18.3 Å². The van der Waals surface area contributed by atoms with Gasteiger partial charge in [0.2, 0.25) is 5.91 Å². The molecule has 37 heavy (non-hydrogen) atoms. The number of rotatable bonds is 6. The molecule has 0 saturated carbocycles. The number of hydrogen-bond donors (Lipinski definition) is 1. The third-order valence-corrected chi connectivity index (χ3v) is 7.59. The maximum atomic E-state index is 13.7. The van der Waals surface area contributed by atoms with Gasteiger partial charge < -0.3 is 9.88 Å². The van der Waals surface area contributed by atoms with E-state index in [1.807, 2.05) is 49.3 Å². The Hall–Kier alpha value is -3.96. The minimum Gasteiger partial charge on any atom is -0.355 e. The number of amides is 1.